The first-order valence-corrected chi connectivity index (χ1v) is 6.07. The second kappa shape index (κ2) is 5.35. The number of benzene rings is 1. The smallest absolute Gasteiger partial charge is 0.00661 e. The molecule has 0 fully saturated rings. The molecule has 0 N–H and O–H groups in total. The standard InChI is InChI=1S/C13H17Br/c1-10-6-7-13(12(3)9-10)11(2)5-4-8-14/h5-7,9H,4,8H2,1-3H3. The summed E-state index contributed by atoms with van der Waals surface area (Å²) in [6.07, 6.45) is 3.38. The third-order valence-corrected chi connectivity index (χ3v) is 2.82. The lowest BCUT2D eigenvalue weighted by Crippen LogP contribution is -1.87. The first-order valence-electron chi connectivity index (χ1n) is 4.95. The number of allylic oxidation sites excluding steroid dienone is 2. The van der Waals surface area contributed by atoms with Crippen LogP contribution in [0.4, 0.5) is 0 Å². The lowest BCUT2D eigenvalue weighted by Gasteiger charge is -2.07. The van der Waals surface area contributed by atoms with Crippen LogP contribution in [0, 0.1) is 13.8 Å². The third kappa shape index (κ3) is 2.98. The summed E-state index contributed by atoms with van der Waals surface area (Å²) in [5.74, 6) is 0. The lowest BCUT2D eigenvalue weighted by atomic mass is 9.99. The number of rotatable bonds is 3. The highest BCUT2D eigenvalue weighted by Crippen LogP contribution is 2.20. The summed E-state index contributed by atoms with van der Waals surface area (Å²) in [5.41, 5.74) is 5.45. The van der Waals surface area contributed by atoms with Crippen molar-refractivity contribution >= 4 is 21.5 Å². The van der Waals surface area contributed by atoms with Crippen molar-refractivity contribution in [2.24, 2.45) is 0 Å². The van der Waals surface area contributed by atoms with Gasteiger partial charge in [0, 0.05) is 5.33 Å². The molecule has 1 rings (SSSR count). The van der Waals surface area contributed by atoms with E-state index in [-0.39, 0.29) is 0 Å². The zero-order valence-electron chi connectivity index (χ0n) is 9.10. The van der Waals surface area contributed by atoms with Crippen LogP contribution >= 0.6 is 15.9 Å². The van der Waals surface area contributed by atoms with E-state index in [2.05, 4.69) is 61.0 Å². The van der Waals surface area contributed by atoms with Gasteiger partial charge in [0.2, 0.25) is 0 Å². The van der Waals surface area contributed by atoms with Crippen molar-refractivity contribution < 1.29 is 0 Å². The first-order chi connectivity index (χ1) is 6.65. The molecule has 0 unspecified atom stereocenters. The van der Waals surface area contributed by atoms with Crippen molar-refractivity contribution in [2.45, 2.75) is 27.2 Å². The van der Waals surface area contributed by atoms with Gasteiger partial charge in [0.1, 0.15) is 0 Å². The molecule has 14 heavy (non-hydrogen) atoms. The SMILES string of the molecule is CC(=CCCBr)c1ccc(C)cc1C. The number of alkyl halides is 1. The van der Waals surface area contributed by atoms with E-state index in [0.717, 1.165) is 11.8 Å². The maximum atomic E-state index is 3.44. The van der Waals surface area contributed by atoms with Crippen molar-refractivity contribution in [1.29, 1.82) is 0 Å². The van der Waals surface area contributed by atoms with Gasteiger partial charge in [0.05, 0.1) is 0 Å². The zero-order chi connectivity index (χ0) is 10.6. The molecule has 0 spiro atoms. The molecule has 0 heterocycles. The van der Waals surface area contributed by atoms with Crippen LogP contribution in [0.3, 0.4) is 0 Å². The van der Waals surface area contributed by atoms with E-state index >= 15 is 0 Å². The zero-order valence-corrected chi connectivity index (χ0v) is 10.7. The Labute approximate surface area is 95.2 Å². The minimum absolute atomic E-state index is 1.04. The van der Waals surface area contributed by atoms with Crippen molar-refractivity contribution in [3.05, 3.63) is 41.0 Å². The molecule has 0 bridgehead atoms. The monoisotopic (exact) mass is 252 g/mol. The summed E-state index contributed by atoms with van der Waals surface area (Å²) >= 11 is 3.44. The second-order valence-electron chi connectivity index (χ2n) is 3.68. The molecular formula is C13H17Br. The summed E-state index contributed by atoms with van der Waals surface area (Å²) in [5, 5.41) is 1.04. The van der Waals surface area contributed by atoms with Crippen LogP contribution in [-0.4, -0.2) is 5.33 Å². The number of hydrogen-bond donors (Lipinski definition) is 0. The number of hydrogen-bond acceptors (Lipinski definition) is 0. The lowest BCUT2D eigenvalue weighted by molar-refractivity contribution is 1.25. The van der Waals surface area contributed by atoms with E-state index in [1.807, 2.05) is 0 Å². The molecule has 0 aliphatic heterocycles. The Balaban J connectivity index is 2.95. The Morgan fingerprint density at radius 1 is 1.36 bits per heavy atom. The van der Waals surface area contributed by atoms with Crippen molar-refractivity contribution in [3.8, 4) is 0 Å². The summed E-state index contributed by atoms with van der Waals surface area (Å²) in [6.45, 7) is 6.49. The normalized spacial score (nSPS) is 11.9. The van der Waals surface area contributed by atoms with E-state index in [0.29, 0.717) is 0 Å². The molecule has 0 atom stereocenters. The van der Waals surface area contributed by atoms with Gasteiger partial charge in [-0.3, -0.25) is 0 Å². The maximum absolute atomic E-state index is 3.44. The van der Waals surface area contributed by atoms with Crippen LogP contribution in [0.1, 0.15) is 30.0 Å². The highest BCUT2D eigenvalue weighted by atomic mass is 79.9. The molecule has 76 valence electrons. The molecule has 1 aromatic rings. The molecule has 0 saturated heterocycles. The fraction of sp³-hybridized carbons (Fsp3) is 0.385. The molecule has 1 aromatic carbocycles. The molecular weight excluding hydrogens is 236 g/mol. The van der Waals surface area contributed by atoms with Gasteiger partial charge in [0.15, 0.2) is 0 Å². The van der Waals surface area contributed by atoms with Gasteiger partial charge < -0.3 is 0 Å². The molecule has 0 aliphatic carbocycles. The van der Waals surface area contributed by atoms with E-state index < -0.39 is 0 Å². The average molecular weight is 253 g/mol. The minimum Gasteiger partial charge on any atom is -0.0925 e. The van der Waals surface area contributed by atoms with Gasteiger partial charge in [-0.25, -0.2) is 0 Å². The van der Waals surface area contributed by atoms with Crippen molar-refractivity contribution in [2.75, 3.05) is 5.33 Å². The topological polar surface area (TPSA) is 0 Å². The summed E-state index contributed by atoms with van der Waals surface area (Å²) in [4.78, 5) is 0. The van der Waals surface area contributed by atoms with Crippen molar-refractivity contribution in [3.63, 3.8) is 0 Å². The van der Waals surface area contributed by atoms with Gasteiger partial charge >= 0.3 is 0 Å². The molecule has 0 aliphatic rings. The fourth-order valence-corrected chi connectivity index (χ4v) is 1.87. The second-order valence-corrected chi connectivity index (χ2v) is 4.48. The molecule has 0 aromatic heterocycles. The van der Waals surface area contributed by atoms with Gasteiger partial charge in [-0.1, -0.05) is 45.8 Å². The number of halogens is 1. The Hall–Kier alpha value is -0.560. The number of aryl methyl sites for hydroxylation is 2. The van der Waals surface area contributed by atoms with Gasteiger partial charge in [-0.05, 0) is 43.9 Å². The van der Waals surface area contributed by atoms with Gasteiger partial charge in [0.25, 0.3) is 0 Å². The average Bonchev–Trinajstić information content (AvgIpc) is 2.14. The third-order valence-electron chi connectivity index (χ3n) is 2.37. The Bertz CT molecular complexity index is 337. The minimum atomic E-state index is 1.04. The summed E-state index contributed by atoms with van der Waals surface area (Å²) < 4.78 is 0. The molecule has 0 saturated carbocycles. The first kappa shape index (κ1) is 11.5. The Morgan fingerprint density at radius 2 is 2.07 bits per heavy atom. The predicted octanol–water partition coefficient (Wildman–Crippen LogP) is 4.49. The van der Waals surface area contributed by atoms with Crippen LogP contribution in [0.15, 0.2) is 24.3 Å². The van der Waals surface area contributed by atoms with Crippen LogP contribution in [0.25, 0.3) is 5.57 Å². The fourth-order valence-electron chi connectivity index (χ4n) is 1.64. The van der Waals surface area contributed by atoms with Crippen LogP contribution in [-0.2, 0) is 0 Å². The summed E-state index contributed by atoms with van der Waals surface area (Å²) in [6, 6.07) is 6.62. The maximum Gasteiger partial charge on any atom is 0.00661 e. The molecule has 1 heteroatoms. The van der Waals surface area contributed by atoms with Crippen LogP contribution < -0.4 is 0 Å². The van der Waals surface area contributed by atoms with Crippen molar-refractivity contribution in [1.82, 2.24) is 0 Å². The predicted molar refractivity (Wildman–Crippen MR) is 68.0 cm³/mol. The van der Waals surface area contributed by atoms with Crippen LogP contribution in [0.2, 0.25) is 0 Å². The molecule has 0 nitrogen and oxygen atoms in total. The van der Waals surface area contributed by atoms with E-state index in [4.69, 9.17) is 0 Å². The van der Waals surface area contributed by atoms with E-state index in [1.54, 1.807) is 0 Å². The van der Waals surface area contributed by atoms with Gasteiger partial charge in [-0.15, -0.1) is 0 Å². The molecule has 0 radical (unpaired) electrons. The summed E-state index contributed by atoms with van der Waals surface area (Å²) in [7, 11) is 0. The quantitative estimate of drug-likeness (QED) is 0.696. The van der Waals surface area contributed by atoms with Crippen LogP contribution in [0.5, 0.6) is 0 Å². The van der Waals surface area contributed by atoms with Gasteiger partial charge in [-0.2, -0.15) is 0 Å². The largest absolute Gasteiger partial charge is 0.0925 e. The highest BCUT2D eigenvalue weighted by Gasteiger charge is 1.99. The highest BCUT2D eigenvalue weighted by molar-refractivity contribution is 9.09. The Morgan fingerprint density at radius 3 is 2.64 bits per heavy atom. The van der Waals surface area contributed by atoms with E-state index in [1.165, 1.54) is 22.3 Å². The Kier molecular flexibility index (Phi) is 4.40. The molecule has 0 amide bonds. The van der Waals surface area contributed by atoms with E-state index in [9.17, 15) is 0 Å².